The number of anilines is 3. The van der Waals surface area contributed by atoms with Crippen LogP contribution in [0, 0.1) is 11.7 Å². The third-order valence-electron chi connectivity index (χ3n) is 6.22. The summed E-state index contributed by atoms with van der Waals surface area (Å²) < 4.78 is 31.8. The van der Waals surface area contributed by atoms with E-state index in [1.807, 2.05) is 13.8 Å². The van der Waals surface area contributed by atoms with Crippen molar-refractivity contribution >= 4 is 34.1 Å². The lowest BCUT2D eigenvalue weighted by Crippen LogP contribution is -2.27. The Morgan fingerprint density at radius 1 is 1.29 bits per heavy atom. The van der Waals surface area contributed by atoms with Crippen molar-refractivity contribution in [2.24, 2.45) is 5.92 Å². The van der Waals surface area contributed by atoms with Crippen LogP contribution in [0.15, 0.2) is 24.5 Å². The van der Waals surface area contributed by atoms with E-state index in [0.717, 1.165) is 11.3 Å². The maximum absolute atomic E-state index is 15.4. The molecule has 0 saturated carbocycles. The molecule has 0 radical (unpaired) electrons. The summed E-state index contributed by atoms with van der Waals surface area (Å²) in [4.78, 5) is 20.9. The number of rotatable bonds is 4. The predicted octanol–water partition coefficient (Wildman–Crippen LogP) is 3.97. The van der Waals surface area contributed by atoms with Gasteiger partial charge < -0.3 is 25.3 Å². The van der Waals surface area contributed by atoms with Crippen LogP contribution >= 0.6 is 0 Å². The average Bonchev–Trinajstić information content (AvgIpc) is 3.24. The highest BCUT2D eigenvalue weighted by Crippen LogP contribution is 2.40. The number of hydrogen-bond acceptors (Lipinski definition) is 8. The molecule has 2 aliphatic heterocycles. The smallest absolute Gasteiger partial charge is 0.413 e. The van der Waals surface area contributed by atoms with Crippen LogP contribution in [0.1, 0.15) is 19.4 Å². The van der Waals surface area contributed by atoms with Gasteiger partial charge in [0.05, 0.1) is 18.9 Å². The first-order valence-electron chi connectivity index (χ1n) is 11.3. The van der Waals surface area contributed by atoms with E-state index in [2.05, 4.69) is 20.6 Å². The number of hydrogen-bond donors (Lipinski definition) is 3. The fourth-order valence-electron chi connectivity index (χ4n) is 4.37. The number of ether oxygens (including phenoxy) is 3. The van der Waals surface area contributed by atoms with Gasteiger partial charge in [-0.15, -0.1) is 0 Å². The van der Waals surface area contributed by atoms with E-state index in [0.29, 0.717) is 60.6 Å². The van der Waals surface area contributed by atoms with Crippen LogP contribution in [0.2, 0.25) is 0 Å². The standard InChI is InChI=1S/C24H26FN5O4/c1-3-14-17(9-29-23-22(14)27-4-5-33-23)15-6-13-7-19(28-8-16(13)21(26)20(15)25)30-24(31)34-18-11-32-10-12(18)2/h6-9,12,18,27H,3-5,10-11,26H2,1-2H3,(H,28,30,31)/t12-,18-/m1/s1. The molecule has 1 fully saturated rings. The normalized spacial score (nSPS) is 19.3. The number of nitrogens with one attached hydrogen (secondary N) is 2. The Hall–Kier alpha value is -3.66. The highest BCUT2D eigenvalue weighted by Gasteiger charge is 2.28. The van der Waals surface area contributed by atoms with Crippen molar-refractivity contribution in [3.63, 3.8) is 0 Å². The van der Waals surface area contributed by atoms with Gasteiger partial charge in [-0.25, -0.2) is 19.2 Å². The van der Waals surface area contributed by atoms with E-state index in [-0.39, 0.29) is 23.5 Å². The second-order valence-electron chi connectivity index (χ2n) is 8.49. The molecule has 2 atom stereocenters. The van der Waals surface area contributed by atoms with E-state index in [9.17, 15) is 4.79 Å². The molecule has 2 aliphatic rings. The number of benzene rings is 1. The zero-order chi connectivity index (χ0) is 23.8. The van der Waals surface area contributed by atoms with Gasteiger partial charge in [0.25, 0.3) is 0 Å². The van der Waals surface area contributed by atoms with Crippen LogP contribution in [0.3, 0.4) is 0 Å². The summed E-state index contributed by atoms with van der Waals surface area (Å²) in [5.41, 5.74) is 8.76. The van der Waals surface area contributed by atoms with Gasteiger partial charge in [-0.3, -0.25) is 5.32 Å². The first kappa shape index (κ1) is 22.1. The SMILES string of the molecule is CCc1c(-c2cc3cc(NC(=O)O[C@@H]4COC[C@H]4C)ncc3c(N)c2F)cnc2c1NCCO2. The largest absolute Gasteiger partial charge is 0.474 e. The number of halogens is 1. The second kappa shape index (κ2) is 8.94. The molecule has 0 bridgehead atoms. The number of carbonyl (C=O) groups excluding carboxylic acids is 1. The molecule has 0 unspecified atom stereocenters. The van der Waals surface area contributed by atoms with Crippen LogP contribution in [0.25, 0.3) is 21.9 Å². The topological polar surface area (TPSA) is 121 Å². The molecule has 1 aromatic carbocycles. The molecule has 4 N–H and O–H groups in total. The fraction of sp³-hybridized carbons (Fsp3) is 0.375. The number of aromatic nitrogens is 2. The minimum Gasteiger partial charge on any atom is -0.474 e. The lowest BCUT2D eigenvalue weighted by atomic mass is 9.95. The highest BCUT2D eigenvalue weighted by molar-refractivity contribution is 5.99. The molecule has 5 rings (SSSR count). The van der Waals surface area contributed by atoms with Crippen LogP contribution in [0.4, 0.5) is 26.4 Å². The van der Waals surface area contributed by atoms with Crippen molar-refractivity contribution in [2.45, 2.75) is 26.4 Å². The number of nitrogens with two attached hydrogens (primary N) is 1. The number of carbonyl (C=O) groups is 1. The van der Waals surface area contributed by atoms with Gasteiger partial charge in [0.15, 0.2) is 5.82 Å². The maximum Gasteiger partial charge on any atom is 0.413 e. The molecule has 0 aliphatic carbocycles. The van der Waals surface area contributed by atoms with E-state index in [1.54, 1.807) is 18.3 Å². The Bertz CT molecular complexity index is 1270. The summed E-state index contributed by atoms with van der Waals surface area (Å²) in [7, 11) is 0. The van der Waals surface area contributed by atoms with Crippen LogP contribution in [0.5, 0.6) is 5.88 Å². The summed E-state index contributed by atoms with van der Waals surface area (Å²) in [6.07, 6.45) is 2.76. The zero-order valence-corrected chi connectivity index (χ0v) is 19.0. The highest BCUT2D eigenvalue weighted by atomic mass is 19.1. The molecule has 178 valence electrons. The minimum atomic E-state index is -0.622. The van der Waals surface area contributed by atoms with Gasteiger partial charge in [-0.05, 0) is 29.5 Å². The molecule has 2 aromatic heterocycles. The first-order chi connectivity index (χ1) is 16.5. The van der Waals surface area contributed by atoms with Crippen LogP contribution in [-0.4, -0.2) is 48.5 Å². The van der Waals surface area contributed by atoms with Crippen LogP contribution in [-0.2, 0) is 15.9 Å². The summed E-state index contributed by atoms with van der Waals surface area (Å²) in [6, 6.07) is 3.33. The van der Waals surface area contributed by atoms with Gasteiger partial charge >= 0.3 is 6.09 Å². The van der Waals surface area contributed by atoms with Crippen molar-refractivity contribution in [1.29, 1.82) is 0 Å². The second-order valence-corrected chi connectivity index (χ2v) is 8.49. The van der Waals surface area contributed by atoms with Crippen molar-refractivity contribution in [2.75, 3.05) is 42.7 Å². The summed E-state index contributed by atoms with van der Waals surface area (Å²) in [6.45, 7) is 6.05. The molecule has 0 spiro atoms. The van der Waals surface area contributed by atoms with Crippen molar-refractivity contribution < 1.29 is 23.4 Å². The van der Waals surface area contributed by atoms with E-state index in [4.69, 9.17) is 19.9 Å². The predicted molar refractivity (Wildman–Crippen MR) is 127 cm³/mol. The molecule has 9 nitrogen and oxygen atoms in total. The number of amides is 1. The number of pyridine rings is 2. The van der Waals surface area contributed by atoms with Crippen molar-refractivity contribution in [3.05, 3.63) is 35.9 Å². The zero-order valence-electron chi connectivity index (χ0n) is 19.0. The molecular formula is C24H26FN5O4. The third-order valence-corrected chi connectivity index (χ3v) is 6.22. The van der Waals surface area contributed by atoms with Gasteiger partial charge in [0, 0.05) is 41.4 Å². The van der Waals surface area contributed by atoms with Crippen LogP contribution < -0.4 is 21.1 Å². The average molecular weight is 468 g/mol. The van der Waals surface area contributed by atoms with E-state index in [1.165, 1.54) is 6.20 Å². The van der Waals surface area contributed by atoms with Gasteiger partial charge in [0.2, 0.25) is 5.88 Å². The lowest BCUT2D eigenvalue weighted by Gasteiger charge is -2.23. The third kappa shape index (κ3) is 3.94. The molecular weight excluding hydrogens is 441 g/mol. The summed E-state index contributed by atoms with van der Waals surface area (Å²) >= 11 is 0. The fourth-order valence-corrected chi connectivity index (χ4v) is 4.37. The molecule has 34 heavy (non-hydrogen) atoms. The quantitative estimate of drug-likeness (QED) is 0.493. The monoisotopic (exact) mass is 467 g/mol. The van der Waals surface area contributed by atoms with E-state index < -0.39 is 11.9 Å². The number of nitrogen functional groups attached to an aromatic ring is 1. The maximum atomic E-state index is 15.4. The lowest BCUT2D eigenvalue weighted by molar-refractivity contribution is 0.0843. The van der Waals surface area contributed by atoms with Gasteiger partial charge in [-0.1, -0.05) is 13.8 Å². The molecule has 10 heteroatoms. The Kier molecular flexibility index (Phi) is 5.82. The Morgan fingerprint density at radius 3 is 2.91 bits per heavy atom. The molecule has 1 amide bonds. The molecule has 3 aromatic rings. The first-order valence-corrected chi connectivity index (χ1v) is 11.3. The molecule has 4 heterocycles. The van der Waals surface area contributed by atoms with E-state index >= 15 is 4.39 Å². The Labute approximate surface area is 195 Å². The minimum absolute atomic E-state index is 0.0185. The van der Waals surface area contributed by atoms with Crippen molar-refractivity contribution in [1.82, 2.24) is 9.97 Å². The van der Waals surface area contributed by atoms with Gasteiger partial charge in [-0.2, -0.15) is 0 Å². The summed E-state index contributed by atoms with van der Waals surface area (Å²) in [5.74, 6) is 0.365. The van der Waals surface area contributed by atoms with Gasteiger partial charge in [0.1, 0.15) is 24.2 Å². The Morgan fingerprint density at radius 2 is 2.15 bits per heavy atom. The Balaban J connectivity index is 1.50. The number of nitrogens with zero attached hydrogens (tertiary/aromatic N) is 2. The van der Waals surface area contributed by atoms with Crippen molar-refractivity contribution in [3.8, 4) is 17.0 Å². The molecule has 1 saturated heterocycles. The summed E-state index contributed by atoms with van der Waals surface area (Å²) in [5, 5.41) is 7.02. The number of fused-ring (bicyclic) bond motifs is 2.